The second-order valence-corrected chi connectivity index (χ2v) is 4.75. The minimum Gasteiger partial charge on any atom is -0.395 e. The van der Waals surface area contributed by atoms with E-state index in [1.165, 1.54) is 5.56 Å². The second kappa shape index (κ2) is 6.15. The summed E-state index contributed by atoms with van der Waals surface area (Å²) in [4.78, 5) is 2.20. The predicted molar refractivity (Wildman–Crippen MR) is 67.6 cm³/mol. The van der Waals surface area contributed by atoms with Gasteiger partial charge in [-0.1, -0.05) is 30.3 Å². The fraction of sp³-hybridized carbons (Fsp3) is 0.571. The van der Waals surface area contributed by atoms with E-state index >= 15 is 0 Å². The van der Waals surface area contributed by atoms with Crippen LogP contribution in [-0.2, 0) is 6.54 Å². The normalized spacial score (nSPS) is 24.4. The van der Waals surface area contributed by atoms with Crippen LogP contribution in [-0.4, -0.2) is 40.4 Å². The maximum absolute atomic E-state index is 9.94. The molecular weight excluding hydrogens is 214 g/mol. The molecule has 0 saturated heterocycles. The number of benzene rings is 1. The van der Waals surface area contributed by atoms with Crippen molar-refractivity contribution in [3.8, 4) is 0 Å². The lowest BCUT2D eigenvalue weighted by Gasteiger charge is -2.30. The van der Waals surface area contributed by atoms with Crippen LogP contribution < -0.4 is 0 Å². The third kappa shape index (κ3) is 3.28. The van der Waals surface area contributed by atoms with Gasteiger partial charge in [0.2, 0.25) is 0 Å². The number of aliphatic hydroxyl groups is 2. The molecule has 0 heterocycles. The SMILES string of the molecule is OCCN(Cc1ccccc1)[C@H]1CCC[C@@H]1O. The van der Waals surface area contributed by atoms with Gasteiger partial charge in [-0.3, -0.25) is 4.90 Å². The van der Waals surface area contributed by atoms with Crippen LogP contribution in [0.25, 0.3) is 0 Å². The Bertz CT molecular complexity index is 328. The standard InChI is InChI=1S/C14H21NO2/c16-10-9-15(13-7-4-8-14(13)17)11-12-5-2-1-3-6-12/h1-3,5-6,13-14,16-17H,4,7-11H2/t13-,14-/m0/s1. The molecule has 0 unspecified atom stereocenters. The van der Waals surface area contributed by atoms with Crippen molar-refractivity contribution in [3.05, 3.63) is 35.9 Å². The van der Waals surface area contributed by atoms with Crippen molar-refractivity contribution in [3.63, 3.8) is 0 Å². The van der Waals surface area contributed by atoms with Gasteiger partial charge in [0.1, 0.15) is 0 Å². The molecule has 1 aromatic rings. The van der Waals surface area contributed by atoms with E-state index in [4.69, 9.17) is 5.11 Å². The minimum atomic E-state index is -0.231. The molecule has 0 aromatic heterocycles. The summed E-state index contributed by atoms with van der Waals surface area (Å²) >= 11 is 0. The van der Waals surface area contributed by atoms with Crippen molar-refractivity contribution in [1.82, 2.24) is 4.90 Å². The van der Waals surface area contributed by atoms with Gasteiger partial charge in [0.05, 0.1) is 12.7 Å². The Balaban J connectivity index is 2.02. The molecular formula is C14H21NO2. The van der Waals surface area contributed by atoms with Gasteiger partial charge in [-0.05, 0) is 24.8 Å². The molecule has 2 atom stereocenters. The van der Waals surface area contributed by atoms with Crippen LogP contribution in [0.5, 0.6) is 0 Å². The quantitative estimate of drug-likeness (QED) is 0.810. The van der Waals surface area contributed by atoms with E-state index in [0.29, 0.717) is 6.54 Å². The van der Waals surface area contributed by atoms with Crippen molar-refractivity contribution in [1.29, 1.82) is 0 Å². The van der Waals surface area contributed by atoms with Crippen molar-refractivity contribution in [2.75, 3.05) is 13.2 Å². The van der Waals surface area contributed by atoms with E-state index in [2.05, 4.69) is 17.0 Å². The first-order valence-electron chi connectivity index (χ1n) is 6.38. The molecule has 2 rings (SSSR count). The molecule has 1 fully saturated rings. The van der Waals surface area contributed by atoms with E-state index in [9.17, 15) is 5.11 Å². The van der Waals surface area contributed by atoms with E-state index in [1.807, 2.05) is 18.2 Å². The highest BCUT2D eigenvalue weighted by Gasteiger charge is 2.30. The third-order valence-electron chi connectivity index (χ3n) is 3.53. The summed E-state index contributed by atoms with van der Waals surface area (Å²) in [5, 5.41) is 19.1. The molecule has 3 heteroatoms. The molecule has 0 radical (unpaired) electrons. The summed E-state index contributed by atoms with van der Waals surface area (Å²) in [6, 6.07) is 10.4. The van der Waals surface area contributed by atoms with E-state index in [-0.39, 0.29) is 18.8 Å². The zero-order valence-corrected chi connectivity index (χ0v) is 10.1. The summed E-state index contributed by atoms with van der Waals surface area (Å²) < 4.78 is 0. The molecule has 1 saturated carbocycles. The fourth-order valence-electron chi connectivity index (χ4n) is 2.66. The van der Waals surface area contributed by atoms with E-state index in [1.54, 1.807) is 0 Å². The number of hydrogen-bond donors (Lipinski definition) is 2. The van der Waals surface area contributed by atoms with Crippen molar-refractivity contribution >= 4 is 0 Å². The molecule has 2 N–H and O–H groups in total. The molecule has 17 heavy (non-hydrogen) atoms. The average molecular weight is 235 g/mol. The second-order valence-electron chi connectivity index (χ2n) is 4.75. The Morgan fingerprint density at radius 3 is 2.53 bits per heavy atom. The molecule has 3 nitrogen and oxygen atoms in total. The zero-order valence-electron chi connectivity index (χ0n) is 10.1. The Hall–Kier alpha value is -0.900. The number of rotatable bonds is 5. The average Bonchev–Trinajstić information content (AvgIpc) is 2.76. The van der Waals surface area contributed by atoms with Gasteiger partial charge in [0.25, 0.3) is 0 Å². The van der Waals surface area contributed by atoms with Gasteiger partial charge in [0, 0.05) is 19.1 Å². The van der Waals surface area contributed by atoms with Gasteiger partial charge in [0.15, 0.2) is 0 Å². The molecule has 0 amide bonds. The van der Waals surface area contributed by atoms with Crippen LogP contribution in [0.15, 0.2) is 30.3 Å². The molecule has 1 aliphatic rings. The van der Waals surface area contributed by atoms with Crippen LogP contribution in [0.2, 0.25) is 0 Å². The topological polar surface area (TPSA) is 43.7 Å². The van der Waals surface area contributed by atoms with Crippen LogP contribution >= 0.6 is 0 Å². The van der Waals surface area contributed by atoms with Gasteiger partial charge >= 0.3 is 0 Å². The lowest BCUT2D eigenvalue weighted by Crippen LogP contribution is -2.41. The first kappa shape index (κ1) is 12.6. The maximum atomic E-state index is 9.94. The lowest BCUT2D eigenvalue weighted by atomic mass is 10.1. The molecule has 0 bridgehead atoms. The lowest BCUT2D eigenvalue weighted by molar-refractivity contribution is 0.0546. The molecule has 0 aliphatic heterocycles. The molecule has 0 spiro atoms. The highest BCUT2D eigenvalue weighted by molar-refractivity contribution is 5.14. The maximum Gasteiger partial charge on any atom is 0.0695 e. The molecule has 1 aliphatic carbocycles. The van der Waals surface area contributed by atoms with Gasteiger partial charge in [-0.2, -0.15) is 0 Å². The smallest absolute Gasteiger partial charge is 0.0695 e. The van der Waals surface area contributed by atoms with Crippen LogP contribution in [0.3, 0.4) is 0 Å². The molecule has 94 valence electrons. The van der Waals surface area contributed by atoms with Crippen LogP contribution in [0.1, 0.15) is 24.8 Å². The minimum absolute atomic E-state index is 0.149. The Morgan fingerprint density at radius 1 is 1.18 bits per heavy atom. The first-order chi connectivity index (χ1) is 8.31. The fourth-order valence-corrected chi connectivity index (χ4v) is 2.66. The van der Waals surface area contributed by atoms with E-state index in [0.717, 1.165) is 25.8 Å². The van der Waals surface area contributed by atoms with E-state index < -0.39 is 0 Å². The van der Waals surface area contributed by atoms with Gasteiger partial charge in [-0.15, -0.1) is 0 Å². The number of aliphatic hydroxyl groups excluding tert-OH is 2. The van der Waals surface area contributed by atoms with Crippen molar-refractivity contribution in [2.45, 2.75) is 38.0 Å². The van der Waals surface area contributed by atoms with Crippen molar-refractivity contribution < 1.29 is 10.2 Å². The zero-order chi connectivity index (χ0) is 12.1. The first-order valence-corrected chi connectivity index (χ1v) is 6.38. The Labute approximate surface area is 103 Å². The Kier molecular flexibility index (Phi) is 4.54. The van der Waals surface area contributed by atoms with Gasteiger partial charge in [-0.25, -0.2) is 0 Å². The number of hydrogen-bond acceptors (Lipinski definition) is 3. The Morgan fingerprint density at radius 2 is 1.94 bits per heavy atom. The highest BCUT2D eigenvalue weighted by atomic mass is 16.3. The van der Waals surface area contributed by atoms with Crippen LogP contribution in [0.4, 0.5) is 0 Å². The van der Waals surface area contributed by atoms with Crippen LogP contribution in [0, 0.1) is 0 Å². The largest absolute Gasteiger partial charge is 0.395 e. The number of nitrogens with zero attached hydrogens (tertiary/aromatic N) is 1. The third-order valence-corrected chi connectivity index (χ3v) is 3.53. The predicted octanol–water partition coefficient (Wildman–Crippen LogP) is 1.39. The van der Waals surface area contributed by atoms with Crippen molar-refractivity contribution in [2.24, 2.45) is 0 Å². The molecule has 1 aromatic carbocycles. The van der Waals surface area contributed by atoms with Gasteiger partial charge < -0.3 is 10.2 Å². The summed E-state index contributed by atoms with van der Waals surface area (Å²) in [6.45, 7) is 1.59. The summed E-state index contributed by atoms with van der Waals surface area (Å²) in [5.41, 5.74) is 1.24. The summed E-state index contributed by atoms with van der Waals surface area (Å²) in [5.74, 6) is 0. The highest BCUT2D eigenvalue weighted by Crippen LogP contribution is 2.25. The summed E-state index contributed by atoms with van der Waals surface area (Å²) in [7, 11) is 0. The monoisotopic (exact) mass is 235 g/mol. The summed E-state index contributed by atoms with van der Waals surface area (Å²) in [6.07, 6.45) is 2.78.